The van der Waals surface area contributed by atoms with Crippen LogP contribution in [0.25, 0.3) is 33.2 Å². The number of anilines is 1. The second kappa shape index (κ2) is 6.33. The SMILES string of the molecule is CCN(C(C)=O)C(C)(C)c1nc2c([nH]1)c(N)nc1cc(-c3ccn[nH]3)ccc12. The van der Waals surface area contributed by atoms with Gasteiger partial charge in [0.05, 0.1) is 16.7 Å². The molecule has 3 heterocycles. The summed E-state index contributed by atoms with van der Waals surface area (Å²) in [6.07, 6.45) is 1.71. The maximum Gasteiger partial charge on any atom is 0.220 e. The number of pyridine rings is 1. The molecule has 0 atom stereocenters. The van der Waals surface area contributed by atoms with E-state index in [1.807, 2.05) is 45.0 Å². The predicted molar refractivity (Wildman–Crippen MR) is 109 cm³/mol. The van der Waals surface area contributed by atoms with E-state index >= 15 is 0 Å². The summed E-state index contributed by atoms with van der Waals surface area (Å²) in [4.78, 5) is 26.5. The monoisotopic (exact) mass is 377 g/mol. The first-order valence-corrected chi connectivity index (χ1v) is 9.20. The smallest absolute Gasteiger partial charge is 0.220 e. The summed E-state index contributed by atoms with van der Waals surface area (Å²) in [7, 11) is 0. The Kier molecular flexibility index (Phi) is 4.06. The van der Waals surface area contributed by atoms with Crippen LogP contribution in [0.2, 0.25) is 0 Å². The molecular formula is C20H23N7O. The number of benzene rings is 1. The van der Waals surface area contributed by atoms with Crippen molar-refractivity contribution in [3.8, 4) is 11.3 Å². The minimum Gasteiger partial charge on any atom is -0.382 e. The first kappa shape index (κ1) is 18.0. The van der Waals surface area contributed by atoms with Crippen LogP contribution in [0.5, 0.6) is 0 Å². The number of imidazole rings is 1. The number of nitrogens with one attached hydrogen (secondary N) is 2. The van der Waals surface area contributed by atoms with Crippen LogP contribution in [0.3, 0.4) is 0 Å². The van der Waals surface area contributed by atoms with E-state index in [0.717, 1.165) is 27.7 Å². The van der Waals surface area contributed by atoms with Gasteiger partial charge < -0.3 is 15.6 Å². The van der Waals surface area contributed by atoms with Crippen LogP contribution in [0.4, 0.5) is 5.82 Å². The van der Waals surface area contributed by atoms with E-state index in [0.29, 0.717) is 23.7 Å². The number of H-pyrrole nitrogens is 2. The molecule has 4 aromatic rings. The Morgan fingerprint density at radius 3 is 2.68 bits per heavy atom. The molecule has 0 saturated carbocycles. The van der Waals surface area contributed by atoms with E-state index in [1.54, 1.807) is 18.0 Å². The van der Waals surface area contributed by atoms with Crippen molar-refractivity contribution in [2.24, 2.45) is 0 Å². The van der Waals surface area contributed by atoms with Crippen LogP contribution < -0.4 is 5.73 Å². The Hall–Kier alpha value is -3.42. The third kappa shape index (κ3) is 2.69. The lowest BCUT2D eigenvalue weighted by atomic mass is 10.0. The van der Waals surface area contributed by atoms with Gasteiger partial charge in [0.2, 0.25) is 5.91 Å². The van der Waals surface area contributed by atoms with Crippen LogP contribution in [0.1, 0.15) is 33.5 Å². The third-order valence-electron chi connectivity index (χ3n) is 5.22. The van der Waals surface area contributed by atoms with Crippen molar-refractivity contribution in [3.63, 3.8) is 0 Å². The van der Waals surface area contributed by atoms with Gasteiger partial charge in [0.15, 0.2) is 0 Å². The number of nitrogen functional groups attached to an aromatic ring is 1. The summed E-state index contributed by atoms with van der Waals surface area (Å²) < 4.78 is 0. The van der Waals surface area contributed by atoms with Crippen molar-refractivity contribution in [2.45, 2.75) is 33.2 Å². The number of hydrogen-bond acceptors (Lipinski definition) is 5. The predicted octanol–water partition coefficient (Wildman–Crippen LogP) is 3.19. The first-order chi connectivity index (χ1) is 13.3. The molecule has 0 aliphatic rings. The number of rotatable bonds is 4. The van der Waals surface area contributed by atoms with Gasteiger partial charge in [-0.05, 0) is 39.0 Å². The van der Waals surface area contributed by atoms with E-state index in [1.165, 1.54) is 0 Å². The summed E-state index contributed by atoms with van der Waals surface area (Å²) in [6.45, 7) is 8.04. The average molecular weight is 377 g/mol. The normalized spacial score (nSPS) is 12.0. The molecule has 28 heavy (non-hydrogen) atoms. The fourth-order valence-corrected chi connectivity index (χ4v) is 3.78. The summed E-state index contributed by atoms with van der Waals surface area (Å²) in [5, 5.41) is 7.85. The van der Waals surface area contributed by atoms with Crippen LogP contribution in [0.15, 0.2) is 30.5 Å². The molecule has 0 fully saturated rings. The Morgan fingerprint density at radius 1 is 1.25 bits per heavy atom. The molecule has 8 nitrogen and oxygen atoms in total. The highest BCUT2D eigenvalue weighted by Gasteiger charge is 2.33. The summed E-state index contributed by atoms with van der Waals surface area (Å²) >= 11 is 0. The highest BCUT2D eigenvalue weighted by Crippen LogP contribution is 2.33. The Bertz CT molecular complexity index is 1170. The van der Waals surface area contributed by atoms with Gasteiger partial charge in [-0.2, -0.15) is 5.10 Å². The Morgan fingerprint density at radius 2 is 2.04 bits per heavy atom. The Labute approximate surface area is 162 Å². The third-order valence-corrected chi connectivity index (χ3v) is 5.22. The number of hydrogen-bond donors (Lipinski definition) is 3. The van der Waals surface area contributed by atoms with Gasteiger partial charge >= 0.3 is 0 Å². The number of carbonyl (C=O) groups excluding carboxylic acids is 1. The Balaban J connectivity index is 1.90. The summed E-state index contributed by atoms with van der Waals surface area (Å²) in [5.41, 5.74) is 9.70. The standard InChI is InChI=1S/C20H23N7O/c1-5-27(11(2)28)20(3,4)19-24-16-13-7-6-12(14-8-9-22-26-14)10-15(13)23-18(21)17(16)25-19/h6-10H,5H2,1-4H3,(H2,21,23)(H,22,26)(H,24,25). The van der Waals surface area contributed by atoms with E-state index in [2.05, 4.69) is 20.2 Å². The molecule has 1 amide bonds. The van der Waals surface area contributed by atoms with Gasteiger partial charge in [0, 0.05) is 30.6 Å². The van der Waals surface area contributed by atoms with E-state index in [9.17, 15) is 4.79 Å². The molecule has 0 aliphatic heterocycles. The van der Waals surface area contributed by atoms with E-state index in [4.69, 9.17) is 10.7 Å². The highest BCUT2D eigenvalue weighted by atomic mass is 16.2. The zero-order valence-corrected chi connectivity index (χ0v) is 16.4. The molecule has 0 saturated heterocycles. The number of amides is 1. The molecule has 3 aromatic heterocycles. The second-order valence-corrected chi connectivity index (χ2v) is 7.33. The number of fused-ring (bicyclic) bond motifs is 3. The van der Waals surface area contributed by atoms with E-state index in [-0.39, 0.29) is 5.91 Å². The molecule has 0 bridgehead atoms. The topological polar surface area (TPSA) is 117 Å². The fraction of sp³-hybridized carbons (Fsp3) is 0.300. The van der Waals surface area contributed by atoms with Gasteiger partial charge in [-0.25, -0.2) is 9.97 Å². The lowest BCUT2D eigenvalue weighted by Gasteiger charge is -2.35. The van der Waals surface area contributed by atoms with Crippen LogP contribution >= 0.6 is 0 Å². The molecule has 0 unspecified atom stereocenters. The van der Waals surface area contributed by atoms with Crippen molar-refractivity contribution in [3.05, 3.63) is 36.3 Å². The molecule has 0 aliphatic carbocycles. The average Bonchev–Trinajstić information content (AvgIpc) is 3.32. The van der Waals surface area contributed by atoms with Crippen molar-refractivity contribution in [1.29, 1.82) is 0 Å². The fourth-order valence-electron chi connectivity index (χ4n) is 3.78. The minimum absolute atomic E-state index is 0.00638. The van der Waals surface area contributed by atoms with Gasteiger partial charge in [0.1, 0.15) is 22.7 Å². The number of aromatic amines is 2. The van der Waals surface area contributed by atoms with Crippen LogP contribution in [-0.2, 0) is 10.3 Å². The van der Waals surface area contributed by atoms with Crippen molar-refractivity contribution < 1.29 is 4.79 Å². The molecule has 4 N–H and O–H groups in total. The van der Waals surface area contributed by atoms with Crippen LogP contribution in [-0.4, -0.2) is 42.5 Å². The quantitative estimate of drug-likeness (QED) is 0.505. The zero-order chi connectivity index (χ0) is 20.1. The van der Waals surface area contributed by atoms with Gasteiger partial charge in [0.25, 0.3) is 0 Å². The van der Waals surface area contributed by atoms with Gasteiger partial charge in [-0.1, -0.05) is 6.07 Å². The molecule has 8 heteroatoms. The molecular weight excluding hydrogens is 354 g/mol. The van der Waals surface area contributed by atoms with Crippen molar-refractivity contribution >= 4 is 33.7 Å². The summed E-state index contributed by atoms with van der Waals surface area (Å²) in [6, 6.07) is 7.85. The lowest BCUT2D eigenvalue weighted by Crippen LogP contribution is -2.45. The largest absolute Gasteiger partial charge is 0.382 e. The second-order valence-electron chi connectivity index (χ2n) is 7.33. The maximum atomic E-state index is 12.1. The molecule has 1 aromatic carbocycles. The first-order valence-electron chi connectivity index (χ1n) is 9.20. The number of nitrogens with two attached hydrogens (primary N) is 1. The maximum absolute atomic E-state index is 12.1. The van der Waals surface area contributed by atoms with Crippen molar-refractivity contribution in [2.75, 3.05) is 12.3 Å². The van der Waals surface area contributed by atoms with E-state index < -0.39 is 5.54 Å². The zero-order valence-electron chi connectivity index (χ0n) is 16.4. The lowest BCUT2D eigenvalue weighted by molar-refractivity contribution is -0.134. The number of carbonyl (C=O) groups is 1. The van der Waals surface area contributed by atoms with Crippen molar-refractivity contribution in [1.82, 2.24) is 30.0 Å². The molecule has 4 rings (SSSR count). The highest BCUT2D eigenvalue weighted by molar-refractivity contribution is 6.07. The number of nitrogens with zero attached hydrogens (tertiary/aromatic N) is 4. The number of aromatic nitrogens is 5. The summed E-state index contributed by atoms with van der Waals surface area (Å²) in [5.74, 6) is 1.05. The van der Waals surface area contributed by atoms with Crippen LogP contribution in [0, 0.1) is 0 Å². The molecule has 144 valence electrons. The van der Waals surface area contributed by atoms with Gasteiger partial charge in [-0.15, -0.1) is 0 Å². The van der Waals surface area contributed by atoms with Gasteiger partial charge in [-0.3, -0.25) is 9.89 Å². The molecule has 0 spiro atoms. The minimum atomic E-state index is -0.603. The molecule has 0 radical (unpaired) electrons.